The molecule has 0 aromatic heterocycles. The van der Waals surface area contributed by atoms with Crippen molar-refractivity contribution in [1.29, 1.82) is 0 Å². The summed E-state index contributed by atoms with van der Waals surface area (Å²) in [5, 5.41) is 7.05. The highest BCUT2D eigenvalue weighted by Gasteiger charge is 1.93. The molecule has 0 aliphatic rings. The van der Waals surface area contributed by atoms with Crippen LogP contribution < -0.4 is 4.89 Å². The second-order valence-electron chi connectivity index (χ2n) is 4.43. The van der Waals surface area contributed by atoms with Crippen LogP contribution in [0, 0.1) is 0 Å². The van der Waals surface area contributed by atoms with Crippen molar-refractivity contribution >= 4 is 8.25 Å². The van der Waals surface area contributed by atoms with E-state index in [0.29, 0.717) is 5.92 Å². The molecule has 0 spiro atoms. The zero-order chi connectivity index (χ0) is 17.9. The van der Waals surface area contributed by atoms with Crippen molar-refractivity contribution in [3.63, 3.8) is 0 Å². The molecule has 0 fully saturated rings. The Hall–Kier alpha value is -1.84. The van der Waals surface area contributed by atoms with E-state index in [9.17, 15) is 0 Å². The summed E-state index contributed by atoms with van der Waals surface area (Å²) in [6, 6.07) is 22.5. The third-order valence-electron chi connectivity index (χ3n) is 2.20. The van der Waals surface area contributed by atoms with Crippen LogP contribution in [0.2, 0.25) is 0 Å². The van der Waals surface area contributed by atoms with Gasteiger partial charge in [-0.15, -0.1) is 6.58 Å². The van der Waals surface area contributed by atoms with E-state index < -0.39 is 8.25 Å². The van der Waals surface area contributed by atoms with Crippen molar-refractivity contribution in [2.75, 3.05) is 0 Å². The Balaban J connectivity index is -0.000000260. The molecule has 1 unspecified atom stereocenters. The zero-order valence-electron chi connectivity index (χ0n) is 13.8. The van der Waals surface area contributed by atoms with E-state index in [1.807, 2.05) is 49.4 Å². The number of hydrogen-bond acceptors (Lipinski definition) is 4. The molecule has 0 saturated carbocycles. The van der Waals surface area contributed by atoms with E-state index >= 15 is 0 Å². The van der Waals surface area contributed by atoms with Gasteiger partial charge in [-0.1, -0.05) is 86.7 Å². The van der Waals surface area contributed by atoms with Gasteiger partial charge < -0.3 is 4.89 Å². The predicted molar refractivity (Wildman–Crippen MR) is 96.3 cm³/mol. The van der Waals surface area contributed by atoms with Crippen molar-refractivity contribution in [3.05, 3.63) is 84.9 Å². The van der Waals surface area contributed by atoms with Gasteiger partial charge in [0, 0.05) is 6.10 Å². The molecule has 1 N–H and O–H groups in total. The lowest BCUT2D eigenvalue weighted by Gasteiger charge is -2.01. The molecule has 0 bridgehead atoms. The molecule has 0 amide bonds. The van der Waals surface area contributed by atoms with Crippen LogP contribution in [0.15, 0.2) is 79.4 Å². The van der Waals surface area contributed by atoms with Crippen molar-refractivity contribution in [2.45, 2.75) is 26.7 Å². The molecular formula is C18H27O4P. The fraction of sp³-hybridized carbons (Fsp3) is 0.222. The first-order chi connectivity index (χ1) is 11.0. The van der Waals surface area contributed by atoms with Crippen molar-refractivity contribution < 1.29 is 20.8 Å². The van der Waals surface area contributed by atoms with Gasteiger partial charge in [-0.05, 0) is 23.0 Å². The molecule has 0 aliphatic heterocycles. The highest BCUT2D eigenvalue weighted by Crippen LogP contribution is 2.11. The summed E-state index contributed by atoms with van der Waals surface area (Å²) in [4.78, 5) is 8.93. The number of rotatable bonds is 2. The number of benzene rings is 2. The maximum absolute atomic E-state index is 8.93. The van der Waals surface area contributed by atoms with Gasteiger partial charge in [0.2, 0.25) is 0 Å². The monoisotopic (exact) mass is 338 g/mol. The fourth-order valence-corrected chi connectivity index (χ4v) is 1.22. The van der Waals surface area contributed by atoms with Crippen LogP contribution in [-0.2, 0) is 9.24 Å². The van der Waals surface area contributed by atoms with Gasteiger partial charge in [0.15, 0.2) is 0 Å². The van der Waals surface area contributed by atoms with Crippen LogP contribution in [0.3, 0.4) is 0 Å². The molecule has 2 aromatic carbocycles. The summed E-state index contributed by atoms with van der Waals surface area (Å²) >= 11 is 0. The van der Waals surface area contributed by atoms with E-state index in [2.05, 4.69) is 49.4 Å². The summed E-state index contributed by atoms with van der Waals surface area (Å²) in [7, 11) is -3.04. The molecule has 2 aromatic rings. The standard InChI is InChI=1S/C9H12.C6H6.C3H6.HO4P.H2/c1-8(2)9-6-4-3-5-7-9;1-2-4-6-5-3-1;1-3-2;1-4-5(2)3;/h3-8H,1-2H3;1-6H;3H,1H2,2H3;1H;1H. The maximum Gasteiger partial charge on any atom is 0.521 e. The highest BCUT2D eigenvalue weighted by molar-refractivity contribution is 7.30. The molecule has 0 heterocycles. The van der Waals surface area contributed by atoms with Gasteiger partial charge in [-0.2, -0.15) is 0 Å². The second-order valence-corrected chi connectivity index (χ2v) is 5.04. The molecule has 5 heteroatoms. The summed E-state index contributed by atoms with van der Waals surface area (Å²) in [6.45, 7) is 9.66. The van der Waals surface area contributed by atoms with Crippen molar-refractivity contribution in [2.24, 2.45) is 0 Å². The summed E-state index contributed by atoms with van der Waals surface area (Å²) < 4.78 is 11.6. The molecule has 128 valence electrons. The van der Waals surface area contributed by atoms with Gasteiger partial charge in [-0.3, -0.25) is 0 Å². The lowest BCUT2D eigenvalue weighted by atomic mass is 10.0. The molecule has 4 nitrogen and oxygen atoms in total. The average molecular weight is 338 g/mol. The Morgan fingerprint density at radius 3 is 1.52 bits per heavy atom. The van der Waals surface area contributed by atoms with Crippen LogP contribution >= 0.6 is 8.25 Å². The molecular weight excluding hydrogens is 311 g/mol. The van der Waals surface area contributed by atoms with E-state index in [0.717, 1.165) is 0 Å². The summed E-state index contributed by atoms with van der Waals surface area (Å²) in [6.07, 6.45) is 1.75. The Morgan fingerprint density at radius 1 is 1.09 bits per heavy atom. The summed E-state index contributed by atoms with van der Waals surface area (Å²) in [5.74, 6) is 0.659. The van der Waals surface area contributed by atoms with Crippen LogP contribution in [0.4, 0.5) is 0 Å². The van der Waals surface area contributed by atoms with Gasteiger partial charge in [-0.25, -0.2) is 5.26 Å². The van der Waals surface area contributed by atoms with E-state index in [4.69, 9.17) is 14.7 Å². The van der Waals surface area contributed by atoms with Crippen molar-refractivity contribution in [3.8, 4) is 0 Å². The number of allylic oxidation sites excluding steroid dienone is 1. The topological polar surface area (TPSA) is 69.6 Å². The van der Waals surface area contributed by atoms with Crippen LogP contribution in [-0.4, -0.2) is 5.26 Å². The Bertz CT molecular complexity index is 466. The molecule has 0 aliphatic carbocycles. The van der Waals surface area contributed by atoms with E-state index in [1.54, 1.807) is 6.08 Å². The Morgan fingerprint density at radius 2 is 1.35 bits per heavy atom. The fourth-order valence-electron chi connectivity index (χ4n) is 1.22. The minimum absolute atomic E-state index is 0. The first-order valence-corrected chi connectivity index (χ1v) is 8.17. The molecule has 23 heavy (non-hydrogen) atoms. The van der Waals surface area contributed by atoms with E-state index in [-0.39, 0.29) is 1.43 Å². The van der Waals surface area contributed by atoms with Gasteiger partial charge in [0.1, 0.15) is 0 Å². The third kappa shape index (κ3) is 20.2. The second kappa shape index (κ2) is 18.2. The first kappa shape index (κ1) is 23.4. The highest BCUT2D eigenvalue weighted by atomic mass is 31.1. The maximum atomic E-state index is 8.93. The molecule has 0 saturated heterocycles. The van der Waals surface area contributed by atoms with Gasteiger partial charge in [0.25, 0.3) is 0 Å². The lowest BCUT2D eigenvalue weighted by molar-refractivity contribution is -0.244. The van der Waals surface area contributed by atoms with Gasteiger partial charge in [0.05, 0.1) is 0 Å². The van der Waals surface area contributed by atoms with Crippen LogP contribution in [0.25, 0.3) is 0 Å². The van der Waals surface area contributed by atoms with E-state index in [1.165, 1.54) is 5.56 Å². The lowest BCUT2D eigenvalue weighted by Crippen LogP contribution is -1.84. The van der Waals surface area contributed by atoms with Crippen LogP contribution in [0.1, 0.15) is 33.7 Å². The largest absolute Gasteiger partial charge is 0.565 e. The van der Waals surface area contributed by atoms with Crippen molar-refractivity contribution in [1.82, 2.24) is 0 Å². The first-order valence-electron chi connectivity index (χ1n) is 7.07. The quantitative estimate of drug-likeness (QED) is 0.343. The van der Waals surface area contributed by atoms with Crippen LogP contribution in [0.5, 0.6) is 0 Å². The minimum Gasteiger partial charge on any atom is -0.565 e. The normalized spacial score (nSPS) is 9.04. The number of hydrogen-bond donors (Lipinski definition) is 1. The Kier molecular flexibility index (Phi) is 18.5. The Labute approximate surface area is 141 Å². The zero-order valence-corrected chi connectivity index (χ0v) is 14.7. The smallest absolute Gasteiger partial charge is 0.521 e. The SMILES string of the molecule is C=CC.CC(C)c1ccccc1.O=[P+]([O-])OO.[HH].c1ccccc1. The average Bonchev–Trinajstić information content (AvgIpc) is 2.59. The molecule has 0 radical (unpaired) electrons. The minimum atomic E-state index is -3.04. The third-order valence-corrected chi connectivity index (χ3v) is 2.33. The predicted octanol–water partition coefficient (Wildman–Crippen LogP) is 5.43. The van der Waals surface area contributed by atoms with Gasteiger partial charge >= 0.3 is 8.25 Å². The summed E-state index contributed by atoms with van der Waals surface area (Å²) in [5.41, 5.74) is 1.41. The molecule has 1 atom stereocenters. The molecule has 2 rings (SSSR count).